The van der Waals surface area contributed by atoms with Crippen molar-refractivity contribution in [2.75, 3.05) is 0 Å². The van der Waals surface area contributed by atoms with Crippen molar-refractivity contribution in [1.82, 2.24) is 10.6 Å². The van der Waals surface area contributed by atoms with Gasteiger partial charge in [-0.1, -0.05) is 0 Å². The van der Waals surface area contributed by atoms with Crippen molar-refractivity contribution in [3.05, 3.63) is 35.6 Å². The van der Waals surface area contributed by atoms with E-state index in [1.54, 1.807) is 0 Å². The molecule has 0 unspecified atom stereocenters. The number of carbonyl (C=O) groups is 2. The summed E-state index contributed by atoms with van der Waals surface area (Å²) in [4.78, 5) is 24.4. The van der Waals surface area contributed by atoms with Crippen LogP contribution in [0.25, 0.3) is 0 Å². The molecule has 3 atom stereocenters. The lowest BCUT2D eigenvalue weighted by Gasteiger charge is -2.28. The van der Waals surface area contributed by atoms with Crippen molar-refractivity contribution in [3.63, 3.8) is 0 Å². The molecule has 1 aromatic rings. The first-order chi connectivity index (χ1) is 10.7. The number of nitrogens with one attached hydrogen (secondary N) is 2. The second-order valence-corrected chi connectivity index (χ2v) is 6.30. The fourth-order valence-electron chi connectivity index (χ4n) is 2.48. The van der Waals surface area contributed by atoms with Gasteiger partial charge < -0.3 is 20.8 Å². The van der Waals surface area contributed by atoms with Crippen LogP contribution < -0.4 is 10.6 Å². The van der Waals surface area contributed by atoms with Crippen LogP contribution in [0.4, 0.5) is 4.39 Å². The number of hydrogen-bond acceptors (Lipinski definition) is 4. The largest absolute Gasteiger partial charge is 0.390 e. The molecule has 0 saturated heterocycles. The van der Waals surface area contributed by atoms with Crippen molar-refractivity contribution < 1.29 is 24.2 Å². The Hall–Kier alpha value is -1.99. The molecule has 0 aromatic heterocycles. The fraction of sp³-hybridized carbons (Fsp3) is 0.500. The third kappa shape index (κ3) is 4.05. The second-order valence-electron chi connectivity index (χ2n) is 6.30. The maximum absolute atomic E-state index is 12.9. The molecule has 0 heterocycles. The highest BCUT2D eigenvalue weighted by atomic mass is 19.1. The van der Waals surface area contributed by atoms with Crippen molar-refractivity contribution in [2.45, 2.75) is 50.5 Å². The molecule has 7 heteroatoms. The Morgan fingerprint density at radius 1 is 1.17 bits per heavy atom. The van der Waals surface area contributed by atoms with Gasteiger partial charge >= 0.3 is 0 Å². The second kappa shape index (κ2) is 6.64. The van der Waals surface area contributed by atoms with E-state index in [4.69, 9.17) is 0 Å². The summed E-state index contributed by atoms with van der Waals surface area (Å²) in [5.41, 5.74) is -0.984. The Kier molecular flexibility index (Phi) is 5.01. The van der Waals surface area contributed by atoms with E-state index in [0.717, 1.165) is 12.1 Å². The smallest absolute Gasteiger partial charge is 0.252 e. The maximum atomic E-state index is 12.9. The van der Waals surface area contributed by atoms with Crippen molar-refractivity contribution in [3.8, 4) is 0 Å². The average Bonchev–Trinajstić information content (AvgIpc) is 2.79. The molecule has 0 bridgehead atoms. The first-order valence-electron chi connectivity index (χ1n) is 7.46. The molecule has 4 N–H and O–H groups in total. The van der Waals surface area contributed by atoms with Gasteiger partial charge in [0.1, 0.15) is 11.4 Å². The predicted octanol–water partition coefficient (Wildman–Crippen LogP) is 0.334. The van der Waals surface area contributed by atoms with Crippen molar-refractivity contribution in [2.24, 2.45) is 0 Å². The zero-order chi connectivity index (χ0) is 17.2. The molecule has 1 saturated carbocycles. The minimum atomic E-state index is -1.22. The number of rotatable bonds is 4. The van der Waals surface area contributed by atoms with Crippen LogP contribution in [0, 0.1) is 5.82 Å². The Bertz CT molecular complexity index is 588. The van der Waals surface area contributed by atoms with E-state index in [0.29, 0.717) is 12.8 Å². The number of carbonyl (C=O) groups excluding carboxylic acids is 2. The molecule has 2 rings (SSSR count). The Morgan fingerprint density at radius 3 is 2.30 bits per heavy atom. The molecule has 1 aliphatic carbocycles. The Labute approximate surface area is 133 Å². The number of halogens is 1. The number of benzene rings is 1. The average molecular weight is 324 g/mol. The summed E-state index contributed by atoms with van der Waals surface area (Å²) in [7, 11) is 0. The molecular formula is C16H21FN2O4. The molecule has 1 aromatic carbocycles. The van der Waals surface area contributed by atoms with E-state index in [2.05, 4.69) is 10.6 Å². The molecule has 1 aliphatic rings. The van der Waals surface area contributed by atoms with Crippen LogP contribution in [0.1, 0.15) is 37.0 Å². The van der Waals surface area contributed by atoms with Crippen LogP contribution in [0.2, 0.25) is 0 Å². The fourth-order valence-corrected chi connectivity index (χ4v) is 2.48. The van der Waals surface area contributed by atoms with Gasteiger partial charge in [-0.2, -0.15) is 0 Å². The summed E-state index contributed by atoms with van der Waals surface area (Å²) >= 11 is 0. The highest BCUT2D eigenvalue weighted by Gasteiger charge is 2.38. The van der Waals surface area contributed by atoms with E-state index < -0.39 is 41.4 Å². The normalized spacial score (nSPS) is 24.3. The first kappa shape index (κ1) is 17.4. The van der Waals surface area contributed by atoms with Crippen LogP contribution in [0.5, 0.6) is 0 Å². The topological polar surface area (TPSA) is 98.7 Å². The summed E-state index contributed by atoms with van der Waals surface area (Å²) in [5, 5.41) is 24.5. The lowest BCUT2D eigenvalue weighted by molar-refractivity contribution is -0.127. The van der Waals surface area contributed by atoms with Gasteiger partial charge in [-0.25, -0.2) is 4.39 Å². The predicted molar refractivity (Wildman–Crippen MR) is 81.1 cm³/mol. The monoisotopic (exact) mass is 324 g/mol. The number of amides is 2. The quantitative estimate of drug-likeness (QED) is 0.642. The lowest BCUT2D eigenvalue weighted by atomic mass is 10.0. The molecule has 0 spiro atoms. The lowest BCUT2D eigenvalue weighted by Crippen LogP contribution is -2.58. The van der Waals surface area contributed by atoms with E-state index in [-0.39, 0.29) is 5.56 Å². The number of hydrogen-bond donors (Lipinski definition) is 4. The van der Waals surface area contributed by atoms with Gasteiger partial charge in [0, 0.05) is 5.56 Å². The van der Waals surface area contributed by atoms with Crippen molar-refractivity contribution in [1.29, 1.82) is 0 Å². The van der Waals surface area contributed by atoms with Crippen LogP contribution in [-0.2, 0) is 4.79 Å². The van der Waals surface area contributed by atoms with E-state index in [1.165, 1.54) is 26.0 Å². The summed E-state index contributed by atoms with van der Waals surface area (Å²) in [6.07, 6.45) is -0.982. The maximum Gasteiger partial charge on any atom is 0.252 e. The standard InChI is InChI=1S/C16H21FN2O4/c1-16(2,15(23)18-11-7-8-12(20)13(11)21)19-14(22)9-3-5-10(17)6-4-9/h3-6,11-13,20-21H,7-8H2,1-2H3,(H,18,23)(H,19,22)/t11-,12-,13-/m1/s1. The summed E-state index contributed by atoms with van der Waals surface area (Å²) in [6, 6.07) is 4.45. The van der Waals surface area contributed by atoms with Crippen molar-refractivity contribution >= 4 is 11.8 Å². The van der Waals surface area contributed by atoms with Gasteiger partial charge in [-0.15, -0.1) is 0 Å². The Balaban J connectivity index is 1.98. The van der Waals surface area contributed by atoms with Gasteiger partial charge in [0.05, 0.1) is 18.2 Å². The van der Waals surface area contributed by atoms with E-state index >= 15 is 0 Å². The van der Waals surface area contributed by atoms with Crippen LogP contribution in [-0.4, -0.2) is 45.8 Å². The summed E-state index contributed by atoms with van der Waals surface area (Å²) in [6.45, 7) is 3.06. The van der Waals surface area contributed by atoms with E-state index in [1.807, 2.05) is 0 Å². The van der Waals surface area contributed by atoms with Gasteiger partial charge in [-0.3, -0.25) is 9.59 Å². The third-order valence-corrected chi connectivity index (χ3v) is 4.00. The number of aliphatic hydroxyl groups is 2. The molecule has 0 aliphatic heterocycles. The summed E-state index contributed by atoms with van der Waals surface area (Å²) in [5.74, 6) is -1.42. The third-order valence-electron chi connectivity index (χ3n) is 4.00. The molecule has 23 heavy (non-hydrogen) atoms. The van der Waals surface area contributed by atoms with Crippen LogP contribution >= 0.6 is 0 Å². The highest BCUT2D eigenvalue weighted by molar-refractivity contribution is 5.98. The highest BCUT2D eigenvalue weighted by Crippen LogP contribution is 2.20. The van der Waals surface area contributed by atoms with Crippen LogP contribution in [0.15, 0.2) is 24.3 Å². The first-order valence-corrected chi connectivity index (χ1v) is 7.46. The zero-order valence-electron chi connectivity index (χ0n) is 13.0. The molecular weight excluding hydrogens is 303 g/mol. The molecule has 126 valence electrons. The summed E-state index contributed by atoms with van der Waals surface area (Å²) < 4.78 is 12.9. The van der Waals surface area contributed by atoms with Gasteiger partial charge in [-0.05, 0) is 51.0 Å². The zero-order valence-corrected chi connectivity index (χ0v) is 13.0. The SMILES string of the molecule is CC(C)(NC(=O)c1ccc(F)cc1)C(=O)N[C@@H]1CC[C@@H](O)[C@@H]1O. The Morgan fingerprint density at radius 2 is 1.78 bits per heavy atom. The molecule has 0 radical (unpaired) electrons. The minimum absolute atomic E-state index is 0.239. The van der Waals surface area contributed by atoms with Gasteiger partial charge in [0.15, 0.2) is 0 Å². The van der Waals surface area contributed by atoms with Crippen LogP contribution in [0.3, 0.4) is 0 Å². The minimum Gasteiger partial charge on any atom is -0.390 e. The van der Waals surface area contributed by atoms with E-state index in [9.17, 15) is 24.2 Å². The number of aliphatic hydroxyl groups excluding tert-OH is 2. The van der Waals surface area contributed by atoms with Gasteiger partial charge in [0.2, 0.25) is 5.91 Å². The molecule has 2 amide bonds. The van der Waals surface area contributed by atoms with Gasteiger partial charge in [0.25, 0.3) is 5.91 Å². The molecule has 6 nitrogen and oxygen atoms in total. The molecule has 1 fully saturated rings.